The topological polar surface area (TPSA) is 62.3 Å². The van der Waals surface area contributed by atoms with Crippen LogP contribution in [0.3, 0.4) is 0 Å². The van der Waals surface area contributed by atoms with Crippen molar-refractivity contribution in [1.82, 2.24) is 4.98 Å². The maximum Gasteiger partial charge on any atom is 0.340 e. The van der Waals surface area contributed by atoms with E-state index in [0.29, 0.717) is 21.7 Å². The molecule has 0 aliphatic heterocycles. The van der Waals surface area contributed by atoms with Gasteiger partial charge in [0.25, 0.3) is 0 Å². The number of aromatic amines is 1. The molecule has 0 bridgehead atoms. The Balaban J connectivity index is 1.85. The number of phenolic OH excluding ortho intramolecular Hbond substituents is 1. The number of thioether (sulfide) groups is 1. The molecule has 142 valence electrons. The highest BCUT2D eigenvalue weighted by molar-refractivity contribution is 7.98. The standard InChI is InChI=1S/C22H18ClNO3S/c1-2-27-22(26)20-17-11-19(25)15-8-3-4-9-16(15)21(17)24-18(20)12-28-14-7-5-6-13(23)10-14/h3-11,24-25H,2,12H2,1H3. The molecule has 0 aliphatic carbocycles. The fourth-order valence-electron chi connectivity index (χ4n) is 3.32. The lowest BCUT2D eigenvalue weighted by Gasteiger charge is -2.06. The number of halogens is 1. The summed E-state index contributed by atoms with van der Waals surface area (Å²) in [7, 11) is 0. The van der Waals surface area contributed by atoms with Gasteiger partial charge in [-0.05, 0) is 31.2 Å². The van der Waals surface area contributed by atoms with E-state index < -0.39 is 5.97 Å². The van der Waals surface area contributed by atoms with Crippen LogP contribution >= 0.6 is 23.4 Å². The quantitative estimate of drug-likeness (QED) is 0.305. The van der Waals surface area contributed by atoms with Crippen LogP contribution in [0.4, 0.5) is 0 Å². The van der Waals surface area contributed by atoms with Gasteiger partial charge in [-0.2, -0.15) is 0 Å². The van der Waals surface area contributed by atoms with Gasteiger partial charge in [0.05, 0.1) is 17.7 Å². The third kappa shape index (κ3) is 3.43. The summed E-state index contributed by atoms with van der Waals surface area (Å²) in [5, 5.41) is 13.4. The fourth-order valence-corrected chi connectivity index (χ4v) is 4.49. The highest BCUT2D eigenvalue weighted by Gasteiger charge is 2.22. The number of hydrogen-bond acceptors (Lipinski definition) is 4. The maximum absolute atomic E-state index is 12.7. The molecule has 0 unspecified atom stereocenters. The first-order valence-electron chi connectivity index (χ1n) is 8.89. The molecule has 1 aromatic heterocycles. The van der Waals surface area contributed by atoms with Crippen LogP contribution in [0.15, 0.2) is 59.5 Å². The zero-order valence-corrected chi connectivity index (χ0v) is 16.7. The van der Waals surface area contributed by atoms with Crippen molar-refractivity contribution in [1.29, 1.82) is 0 Å². The van der Waals surface area contributed by atoms with Gasteiger partial charge in [0.15, 0.2) is 0 Å². The van der Waals surface area contributed by atoms with Crippen LogP contribution in [-0.2, 0) is 10.5 Å². The molecule has 0 amide bonds. The number of rotatable bonds is 5. The Labute approximate surface area is 171 Å². The number of aromatic nitrogens is 1. The van der Waals surface area contributed by atoms with E-state index in [0.717, 1.165) is 26.9 Å². The van der Waals surface area contributed by atoms with Crippen molar-refractivity contribution in [2.24, 2.45) is 0 Å². The second kappa shape index (κ2) is 7.78. The highest BCUT2D eigenvalue weighted by atomic mass is 35.5. The predicted molar refractivity (Wildman–Crippen MR) is 114 cm³/mol. The minimum atomic E-state index is -0.398. The molecule has 0 atom stereocenters. The number of hydrogen-bond donors (Lipinski definition) is 2. The second-order valence-corrected chi connectivity index (χ2v) is 7.79. The van der Waals surface area contributed by atoms with Crippen LogP contribution < -0.4 is 0 Å². The Morgan fingerprint density at radius 1 is 1.11 bits per heavy atom. The summed E-state index contributed by atoms with van der Waals surface area (Å²) < 4.78 is 5.29. The van der Waals surface area contributed by atoms with Gasteiger partial charge in [0, 0.05) is 37.5 Å². The van der Waals surface area contributed by atoms with E-state index >= 15 is 0 Å². The van der Waals surface area contributed by atoms with Gasteiger partial charge in [-0.3, -0.25) is 0 Å². The van der Waals surface area contributed by atoms with Crippen LogP contribution in [0.5, 0.6) is 5.75 Å². The number of phenols is 1. The van der Waals surface area contributed by atoms with Crippen molar-refractivity contribution in [3.63, 3.8) is 0 Å². The predicted octanol–water partition coefficient (Wildman–Crippen LogP) is 6.15. The minimum Gasteiger partial charge on any atom is -0.507 e. The van der Waals surface area contributed by atoms with Crippen molar-refractivity contribution in [2.75, 3.05) is 6.61 Å². The summed E-state index contributed by atoms with van der Waals surface area (Å²) in [5.41, 5.74) is 2.04. The molecule has 3 aromatic carbocycles. The lowest BCUT2D eigenvalue weighted by atomic mass is 10.0. The number of benzene rings is 3. The molecule has 6 heteroatoms. The largest absolute Gasteiger partial charge is 0.507 e. The molecule has 0 saturated heterocycles. The molecule has 0 fully saturated rings. The zero-order valence-electron chi connectivity index (χ0n) is 15.2. The van der Waals surface area contributed by atoms with Gasteiger partial charge in [0.2, 0.25) is 0 Å². The summed E-state index contributed by atoms with van der Waals surface area (Å²) in [6, 6.07) is 16.8. The van der Waals surface area contributed by atoms with E-state index in [1.807, 2.05) is 48.5 Å². The number of fused-ring (bicyclic) bond motifs is 3. The molecule has 4 nitrogen and oxygen atoms in total. The Kier molecular flexibility index (Phi) is 5.20. The van der Waals surface area contributed by atoms with Crippen LogP contribution in [0.2, 0.25) is 5.02 Å². The Morgan fingerprint density at radius 3 is 2.64 bits per heavy atom. The summed E-state index contributed by atoms with van der Waals surface area (Å²) in [6.07, 6.45) is 0. The average Bonchev–Trinajstić information content (AvgIpc) is 3.05. The van der Waals surface area contributed by atoms with Crippen molar-refractivity contribution in [3.8, 4) is 5.75 Å². The van der Waals surface area contributed by atoms with Gasteiger partial charge < -0.3 is 14.8 Å². The van der Waals surface area contributed by atoms with E-state index in [4.69, 9.17) is 16.3 Å². The Hall–Kier alpha value is -2.63. The fraction of sp³-hybridized carbons (Fsp3) is 0.136. The number of carbonyl (C=O) groups excluding carboxylic acids is 1. The van der Waals surface area contributed by atoms with Crippen LogP contribution in [0, 0.1) is 0 Å². The number of ether oxygens (including phenoxy) is 1. The van der Waals surface area contributed by atoms with Gasteiger partial charge in [-0.15, -0.1) is 11.8 Å². The van der Waals surface area contributed by atoms with Crippen molar-refractivity contribution in [2.45, 2.75) is 17.6 Å². The number of esters is 1. The van der Waals surface area contributed by atoms with Crippen LogP contribution in [0.1, 0.15) is 23.0 Å². The highest BCUT2D eigenvalue weighted by Crippen LogP contribution is 2.37. The molecule has 2 N–H and O–H groups in total. The van der Waals surface area contributed by atoms with Crippen molar-refractivity contribution >= 4 is 51.0 Å². The first kappa shape index (κ1) is 18.7. The number of nitrogens with one attached hydrogen (secondary N) is 1. The molecule has 4 rings (SSSR count). The molecule has 1 heterocycles. The van der Waals surface area contributed by atoms with Gasteiger partial charge in [-0.1, -0.05) is 41.9 Å². The molecular weight excluding hydrogens is 394 g/mol. The maximum atomic E-state index is 12.7. The van der Waals surface area contributed by atoms with E-state index in [1.54, 1.807) is 24.8 Å². The zero-order chi connectivity index (χ0) is 19.7. The summed E-state index contributed by atoms with van der Waals surface area (Å²) >= 11 is 7.65. The van der Waals surface area contributed by atoms with Gasteiger partial charge in [-0.25, -0.2) is 4.79 Å². The van der Waals surface area contributed by atoms with E-state index in [1.165, 1.54) is 0 Å². The molecule has 0 aliphatic rings. The van der Waals surface area contributed by atoms with E-state index in [2.05, 4.69) is 4.98 Å². The van der Waals surface area contributed by atoms with Crippen molar-refractivity contribution < 1.29 is 14.6 Å². The smallest absolute Gasteiger partial charge is 0.340 e. The monoisotopic (exact) mass is 411 g/mol. The third-order valence-corrected chi connectivity index (χ3v) is 5.78. The molecule has 0 saturated carbocycles. The minimum absolute atomic E-state index is 0.140. The number of carbonyl (C=O) groups is 1. The first-order valence-corrected chi connectivity index (χ1v) is 10.3. The lowest BCUT2D eigenvalue weighted by Crippen LogP contribution is -2.06. The summed E-state index contributed by atoms with van der Waals surface area (Å²) in [6.45, 7) is 2.06. The molecule has 0 radical (unpaired) electrons. The Morgan fingerprint density at radius 2 is 1.89 bits per heavy atom. The van der Waals surface area contributed by atoms with Crippen molar-refractivity contribution in [3.05, 3.63) is 70.9 Å². The number of H-pyrrole nitrogens is 1. The van der Waals surface area contributed by atoms with E-state index in [9.17, 15) is 9.90 Å². The van der Waals surface area contributed by atoms with Gasteiger partial charge >= 0.3 is 5.97 Å². The Bertz CT molecular complexity index is 1190. The average molecular weight is 412 g/mol. The second-order valence-electron chi connectivity index (χ2n) is 6.31. The first-order chi connectivity index (χ1) is 13.6. The molecule has 28 heavy (non-hydrogen) atoms. The summed E-state index contributed by atoms with van der Waals surface area (Å²) in [4.78, 5) is 17.1. The van der Waals surface area contributed by atoms with Crippen LogP contribution in [0.25, 0.3) is 21.7 Å². The molecular formula is C22H18ClNO3S. The summed E-state index contributed by atoms with van der Waals surface area (Å²) in [5.74, 6) is 0.282. The van der Waals surface area contributed by atoms with Gasteiger partial charge in [0.1, 0.15) is 5.75 Å². The molecule has 0 spiro atoms. The number of aromatic hydroxyl groups is 1. The SMILES string of the molecule is CCOC(=O)c1c(CSc2cccc(Cl)c2)[nH]c2c1cc(O)c1ccccc12. The van der Waals surface area contributed by atoms with Crippen LogP contribution in [-0.4, -0.2) is 22.7 Å². The third-order valence-electron chi connectivity index (χ3n) is 4.53. The normalized spacial score (nSPS) is 11.2. The lowest BCUT2D eigenvalue weighted by molar-refractivity contribution is 0.0528. The van der Waals surface area contributed by atoms with E-state index in [-0.39, 0.29) is 12.4 Å². The molecule has 4 aromatic rings.